The minimum Gasteiger partial charge on any atom is -0.383 e. The normalized spacial score (nSPS) is 21.9. The second kappa shape index (κ2) is 10.6. The molecule has 8 heteroatoms. The molecule has 4 rings (SSSR count). The highest BCUT2D eigenvalue weighted by atomic mass is 35.5. The van der Waals surface area contributed by atoms with Crippen LogP contribution in [0, 0.1) is 5.41 Å². The molecule has 0 amide bonds. The van der Waals surface area contributed by atoms with Crippen LogP contribution in [-0.4, -0.2) is 48.9 Å². The average molecular weight is 478 g/mol. The maximum absolute atomic E-state index is 6.51. The Bertz CT molecular complexity index is 913. The van der Waals surface area contributed by atoms with Crippen LogP contribution in [0.5, 0.6) is 0 Å². The Labute approximate surface area is 200 Å². The second-order valence-electron chi connectivity index (χ2n) is 9.42. The van der Waals surface area contributed by atoms with Crippen molar-refractivity contribution < 1.29 is 4.74 Å². The maximum atomic E-state index is 6.51. The van der Waals surface area contributed by atoms with Gasteiger partial charge in [0, 0.05) is 55.8 Å². The number of pyridine rings is 2. The summed E-state index contributed by atoms with van der Waals surface area (Å²) in [5.41, 5.74) is 3.06. The third kappa shape index (κ3) is 6.25. The SMILES string of the molecule is COCCNC1CCC(Nc2cc(-c3cnc(Cl)c(NCC4(C)CC4)c3)c(Cl)cn2)CC1. The first-order valence-corrected chi connectivity index (χ1v) is 12.3. The fraction of sp³-hybridized carbons (Fsp3) is 0.583. The Morgan fingerprint density at radius 2 is 1.81 bits per heavy atom. The monoisotopic (exact) mass is 477 g/mol. The van der Waals surface area contributed by atoms with E-state index in [0.717, 1.165) is 68.0 Å². The molecule has 0 atom stereocenters. The van der Waals surface area contributed by atoms with Crippen LogP contribution in [0.15, 0.2) is 24.5 Å². The molecule has 2 saturated carbocycles. The number of nitrogens with zero attached hydrogens (tertiary/aromatic N) is 2. The zero-order chi connectivity index (χ0) is 22.6. The molecule has 2 aliphatic rings. The van der Waals surface area contributed by atoms with Gasteiger partial charge < -0.3 is 20.7 Å². The van der Waals surface area contributed by atoms with Crippen molar-refractivity contribution in [1.29, 1.82) is 0 Å². The van der Waals surface area contributed by atoms with Crippen molar-refractivity contribution in [1.82, 2.24) is 15.3 Å². The highest BCUT2D eigenvalue weighted by Crippen LogP contribution is 2.45. The fourth-order valence-corrected chi connectivity index (χ4v) is 4.56. The zero-order valence-corrected chi connectivity index (χ0v) is 20.4. The van der Waals surface area contributed by atoms with Crippen LogP contribution in [0.1, 0.15) is 45.4 Å². The summed E-state index contributed by atoms with van der Waals surface area (Å²) in [6.45, 7) is 4.85. The molecule has 0 aromatic carbocycles. The van der Waals surface area contributed by atoms with Crippen LogP contribution < -0.4 is 16.0 Å². The number of nitrogens with one attached hydrogen (secondary N) is 3. The molecule has 2 aliphatic carbocycles. The Morgan fingerprint density at radius 1 is 1.06 bits per heavy atom. The summed E-state index contributed by atoms with van der Waals surface area (Å²) in [6, 6.07) is 5.03. The van der Waals surface area contributed by atoms with Gasteiger partial charge in [0.2, 0.25) is 0 Å². The first-order chi connectivity index (χ1) is 15.5. The minimum absolute atomic E-state index is 0.378. The van der Waals surface area contributed by atoms with Gasteiger partial charge >= 0.3 is 0 Å². The number of ether oxygens (including phenoxy) is 1. The molecule has 3 N–H and O–H groups in total. The molecule has 2 aromatic rings. The summed E-state index contributed by atoms with van der Waals surface area (Å²) >= 11 is 12.9. The van der Waals surface area contributed by atoms with E-state index in [1.165, 1.54) is 12.8 Å². The number of aromatic nitrogens is 2. The molecule has 0 aliphatic heterocycles. The van der Waals surface area contributed by atoms with Crippen LogP contribution in [-0.2, 0) is 4.74 Å². The van der Waals surface area contributed by atoms with E-state index in [-0.39, 0.29) is 0 Å². The Kier molecular flexibility index (Phi) is 7.77. The predicted molar refractivity (Wildman–Crippen MR) is 133 cm³/mol. The molecule has 0 radical (unpaired) electrons. The van der Waals surface area contributed by atoms with Crippen molar-refractivity contribution in [3.8, 4) is 11.1 Å². The first-order valence-electron chi connectivity index (χ1n) is 11.5. The number of hydrogen-bond acceptors (Lipinski definition) is 6. The number of halogens is 2. The number of methoxy groups -OCH3 is 1. The number of anilines is 2. The predicted octanol–water partition coefficient (Wildman–Crippen LogP) is 5.62. The third-order valence-electron chi connectivity index (χ3n) is 6.63. The van der Waals surface area contributed by atoms with Crippen LogP contribution in [0.3, 0.4) is 0 Å². The molecule has 0 saturated heterocycles. The van der Waals surface area contributed by atoms with Gasteiger partial charge in [0.25, 0.3) is 0 Å². The van der Waals surface area contributed by atoms with Gasteiger partial charge in [-0.15, -0.1) is 0 Å². The van der Waals surface area contributed by atoms with Gasteiger partial charge in [0.1, 0.15) is 5.82 Å². The van der Waals surface area contributed by atoms with Crippen LogP contribution >= 0.6 is 23.2 Å². The maximum Gasteiger partial charge on any atom is 0.152 e. The van der Waals surface area contributed by atoms with E-state index in [0.29, 0.717) is 27.7 Å². The number of hydrogen-bond donors (Lipinski definition) is 3. The van der Waals surface area contributed by atoms with Gasteiger partial charge in [-0.2, -0.15) is 0 Å². The molecule has 32 heavy (non-hydrogen) atoms. The first kappa shape index (κ1) is 23.6. The molecule has 174 valence electrons. The van der Waals surface area contributed by atoms with E-state index in [4.69, 9.17) is 27.9 Å². The number of rotatable bonds is 10. The van der Waals surface area contributed by atoms with Gasteiger partial charge in [-0.25, -0.2) is 9.97 Å². The van der Waals surface area contributed by atoms with Crippen LogP contribution in [0.4, 0.5) is 11.5 Å². The van der Waals surface area contributed by atoms with E-state index < -0.39 is 0 Å². The Hall–Kier alpha value is -1.60. The average Bonchev–Trinajstić information content (AvgIpc) is 3.53. The quantitative estimate of drug-likeness (QED) is 0.304. The topological polar surface area (TPSA) is 71.1 Å². The van der Waals surface area contributed by atoms with Crippen LogP contribution in [0.25, 0.3) is 11.1 Å². The van der Waals surface area contributed by atoms with E-state index in [2.05, 4.69) is 32.8 Å². The summed E-state index contributed by atoms with van der Waals surface area (Å²) in [4.78, 5) is 8.91. The van der Waals surface area contributed by atoms with Gasteiger partial charge in [0.15, 0.2) is 5.15 Å². The fourth-order valence-electron chi connectivity index (χ4n) is 4.17. The third-order valence-corrected chi connectivity index (χ3v) is 7.24. The molecule has 0 spiro atoms. The second-order valence-corrected chi connectivity index (χ2v) is 10.2. The summed E-state index contributed by atoms with van der Waals surface area (Å²) in [5, 5.41) is 11.7. The van der Waals surface area contributed by atoms with Gasteiger partial charge in [-0.3, -0.25) is 0 Å². The molecular formula is C24H33Cl2N5O. The van der Waals surface area contributed by atoms with E-state index >= 15 is 0 Å². The molecule has 0 unspecified atom stereocenters. The standard InChI is InChI=1S/C24H33Cl2N5O/c1-24(7-8-24)15-30-21-11-16(13-29-23(21)26)19-12-22(28-14-20(19)25)31-18-5-3-17(4-6-18)27-9-10-32-2/h11-14,17-18,27,30H,3-10,15H2,1-2H3,(H,28,31). The van der Waals surface area contributed by atoms with Crippen molar-refractivity contribution >= 4 is 34.7 Å². The molecule has 2 fully saturated rings. The van der Waals surface area contributed by atoms with Gasteiger partial charge in [0.05, 0.1) is 17.3 Å². The molecule has 2 heterocycles. The van der Waals surface area contributed by atoms with E-state index in [9.17, 15) is 0 Å². The summed E-state index contributed by atoms with van der Waals surface area (Å²) in [7, 11) is 1.74. The highest BCUT2D eigenvalue weighted by molar-refractivity contribution is 6.33. The Balaban J connectivity index is 1.40. The van der Waals surface area contributed by atoms with E-state index in [1.807, 2.05) is 12.1 Å². The lowest BCUT2D eigenvalue weighted by Gasteiger charge is -2.30. The molecule has 2 aromatic heterocycles. The Morgan fingerprint density at radius 3 is 2.53 bits per heavy atom. The lowest BCUT2D eigenvalue weighted by Crippen LogP contribution is -2.38. The largest absolute Gasteiger partial charge is 0.383 e. The van der Waals surface area contributed by atoms with E-state index in [1.54, 1.807) is 19.5 Å². The summed E-state index contributed by atoms with van der Waals surface area (Å²) < 4.78 is 5.13. The minimum atomic E-state index is 0.378. The molecule has 6 nitrogen and oxygen atoms in total. The van der Waals surface area contributed by atoms with Gasteiger partial charge in [-0.1, -0.05) is 30.1 Å². The van der Waals surface area contributed by atoms with Crippen molar-refractivity contribution in [3.05, 3.63) is 34.7 Å². The molecular weight excluding hydrogens is 445 g/mol. The summed E-state index contributed by atoms with van der Waals surface area (Å²) in [5.74, 6) is 0.843. The smallest absolute Gasteiger partial charge is 0.152 e. The van der Waals surface area contributed by atoms with Crippen molar-refractivity contribution in [3.63, 3.8) is 0 Å². The van der Waals surface area contributed by atoms with Crippen molar-refractivity contribution in [2.45, 2.75) is 57.5 Å². The van der Waals surface area contributed by atoms with Crippen molar-refractivity contribution in [2.24, 2.45) is 5.41 Å². The van der Waals surface area contributed by atoms with Crippen LogP contribution in [0.2, 0.25) is 10.2 Å². The lowest BCUT2D eigenvalue weighted by atomic mass is 9.91. The van der Waals surface area contributed by atoms with Gasteiger partial charge in [-0.05, 0) is 56.1 Å². The molecule has 0 bridgehead atoms. The van der Waals surface area contributed by atoms with Crippen molar-refractivity contribution in [2.75, 3.05) is 37.4 Å². The zero-order valence-electron chi connectivity index (χ0n) is 18.9. The highest BCUT2D eigenvalue weighted by Gasteiger charge is 2.36. The lowest BCUT2D eigenvalue weighted by molar-refractivity contribution is 0.191. The summed E-state index contributed by atoms with van der Waals surface area (Å²) in [6.07, 6.45) is 10.5.